The normalized spacial score (nSPS) is 15.6. The number of allylic oxidation sites excluding steroid dienone is 12. The van der Waals surface area contributed by atoms with Crippen LogP contribution in [0.15, 0.2) is 121 Å². The van der Waals surface area contributed by atoms with Crippen molar-refractivity contribution in [3.8, 4) is 5.75 Å². The highest BCUT2D eigenvalue weighted by Gasteiger charge is 2.26. The molecular weight excluding hydrogens is 715 g/mol. The number of benzene rings is 2. The summed E-state index contributed by atoms with van der Waals surface area (Å²) in [6.07, 6.45) is 35.8. The molecule has 2 aromatic carbocycles. The Hall–Kier alpha value is -4.66. The molecule has 3 heterocycles. The highest BCUT2D eigenvalue weighted by Crippen LogP contribution is 2.33. The Morgan fingerprint density at radius 2 is 1.43 bits per heavy atom. The van der Waals surface area contributed by atoms with Gasteiger partial charge in [0.05, 0.1) is 12.3 Å². The van der Waals surface area contributed by atoms with E-state index < -0.39 is 0 Å². The zero-order valence-corrected chi connectivity index (χ0v) is 34.2. The number of hydrogen-bond donors (Lipinski definition) is 0. The van der Waals surface area contributed by atoms with Gasteiger partial charge in [-0.15, -0.1) is 11.3 Å². The Bertz CT molecular complexity index is 1830. The van der Waals surface area contributed by atoms with Crippen LogP contribution < -0.4 is 14.5 Å². The van der Waals surface area contributed by atoms with Crippen LogP contribution in [0.5, 0.6) is 5.75 Å². The van der Waals surface area contributed by atoms with E-state index >= 15 is 0 Å². The summed E-state index contributed by atoms with van der Waals surface area (Å²) in [5.41, 5.74) is 3.21. The molecule has 2 aliphatic rings. The third-order valence-corrected chi connectivity index (χ3v) is 10.9. The van der Waals surface area contributed by atoms with Crippen molar-refractivity contribution in [3.05, 3.63) is 126 Å². The summed E-state index contributed by atoms with van der Waals surface area (Å²) in [6, 6.07) is 14.8. The van der Waals surface area contributed by atoms with Gasteiger partial charge in [-0.1, -0.05) is 92.0 Å². The number of hydrogen-bond acceptors (Lipinski definition) is 7. The van der Waals surface area contributed by atoms with Crippen LogP contribution in [0, 0.1) is 0 Å². The van der Waals surface area contributed by atoms with Crippen LogP contribution in [0.4, 0.5) is 11.4 Å². The monoisotopic (exact) mass is 775 g/mol. The number of amides is 1. The van der Waals surface area contributed by atoms with Crippen molar-refractivity contribution in [2.75, 3.05) is 55.9 Å². The molecule has 7 nitrogen and oxygen atoms in total. The Morgan fingerprint density at radius 1 is 0.750 bits per heavy atom. The molecule has 0 aliphatic carbocycles. The SMILES string of the molecule is CC/C=C\C/C=C\C/C=C\C/C=C\C/C=C\C/C=C\CCC(=O)OCN1C(=O)CCc2ccc(OCCCCN3CCN(c4cccc5sccc45)CC3)cc21. The van der Waals surface area contributed by atoms with Gasteiger partial charge in [-0.3, -0.25) is 19.4 Å². The van der Waals surface area contributed by atoms with E-state index in [1.165, 1.54) is 15.8 Å². The van der Waals surface area contributed by atoms with Crippen LogP contribution in [0.3, 0.4) is 0 Å². The van der Waals surface area contributed by atoms with Crippen LogP contribution in [0.1, 0.15) is 83.1 Å². The Balaban J connectivity index is 0.917. The Kier molecular flexibility index (Phi) is 18.8. The quantitative estimate of drug-likeness (QED) is 0.0543. The average molecular weight is 776 g/mol. The zero-order valence-electron chi connectivity index (χ0n) is 33.4. The lowest BCUT2D eigenvalue weighted by atomic mass is 10.0. The largest absolute Gasteiger partial charge is 0.494 e. The first kappa shape index (κ1) is 42.5. The van der Waals surface area contributed by atoms with Crippen LogP contribution >= 0.6 is 11.3 Å². The summed E-state index contributed by atoms with van der Waals surface area (Å²) in [6.45, 7) is 8.01. The zero-order chi connectivity index (χ0) is 39.0. The number of unbranched alkanes of at least 4 members (excludes halogenated alkanes) is 1. The number of carbonyl (C=O) groups is 2. The number of anilines is 2. The summed E-state index contributed by atoms with van der Waals surface area (Å²) in [5.74, 6) is 0.397. The van der Waals surface area contributed by atoms with Crippen LogP contribution in [0.25, 0.3) is 10.1 Å². The lowest BCUT2D eigenvalue weighted by molar-refractivity contribution is -0.144. The van der Waals surface area contributed by atoms with E-state index in [4.69, 9.17) is 9.47 Å². The highest BCUT2D eigenvalue weighted by molar-refractivity contribution is 7.17. The number of ether oxygens (including phenoxy) is 2. The molecule has 298 valence electrons. The van der Waals surface area contributed by atoms with Gasteiger partial charge in [-0.25, -0.2) is 0 Å². The molecule has 1 aromatic heterocycles. The van der Waals surface area contributed by atoms with Gasteiger partial charge in [0.15, 0.2) is 6.73 Å². The summed E-state index contributed by atoms with van der Waals surface area (Å²) in [7, 11) is 0. The van der Waals surface area contributed by atoms with Crippen molar-refractivity contribution < 1.29 is 19.1 Å². The molecule has 0 spiro atoms. The molecular formula is C48H61N3O4S. The van der Waals surface area contributed by atoms with E-state index in [9.17, 15) is 9.59 Å². The van der Waals surface area contributed by atoms with Crippen LogP contribution in [-0.4, -0.2) is 62.8 Å². The molecule has 0 radical (unpaired) electrons. The number of fused-ring (bicyclic) bond motifs is 2. The van der Waals surface area contributed by atoms with Gasteiger partial charge < -0.3 is 14.4 Å². The van der Waals surface area contributed by atoms with Gasteiger partial charge in [0, 0.05) is 60.9 Å². The highest BCUT2D eigenvalue weighted by atomic mass is 32.1. The first-order valence-electron chi connectivity index (χ1n) is 20.7. The van der Waals surface area contributed by atoms with Crippen LogP contribution in [0.2, 0.25) is 0 Å². The molecule has 1 fully saturated rings. The second-order valence-corrected chi connectivity index (χ2v) is 15.2. The molecule has 1 saturated heterocycles. The number of esters is 1. The van der Waals surface area contributed by atoms with E-state index in [0.717, 1.165) is 101 Å². The number of carbonyl (C=O) groups excluding carboxylic acids is 2. The maximum absolute atomic E-state index is 12.9. The Labute approximate surface area is 339 Å². The van der Waals surface area contributed by atoms with Gasteiger partial charge in [-0.2, -0.15) is 0 Å². The third-order valence-electron chi connectivity index (χ3n) is 10.0. The van der Waals surface area contributed by atoms with Gasteiger partial charge in [0.25, 0.3) is 0 Å². The predicted octanol–water partition coefficient (Wildman–Crippen LogP) is 11.1. The summed E-state index contributed by atoms with van der Waals surface area (Å²) in [4.78, 5) is 32.1. The van der Waals surface area contributed by atoms with Gasteiger partial charge in [0.2, 0.25) is 5.91 Å². The first-order valence-corrected chi connectivity index (χ1v) is 21.6. The predicted molar refractivity (Wildman–Crippen MR) is 236 cm³/mol. The smallest absolute Gasteiger partial charge is 0.307 e. The number of aryl methyl sites for hydroxylation is 1. The molecule has 0 N–H and O–H groups in total. The standard InChI is InChI=1S/C48H61N3O4S/c1-2-3-4-5-6-7-8-9-10-11-12-13-14-15-16-17-18-19-20-26-48(53)55-40-51-45-39-42(29-27-41(45)28-30-47(51)52)54-37-22-21-32-49-33-35-50(36-34-49)44-24-23-25-46-43(44)31-38-56-46/h3-4,6-7,9-10,12-13,15-16,18-19,23-25,27,29,31,38-39H,2,5,8,11,14,17,20-22,26,28,30,32-37,40H2,1H3/b4-3-,7-6-,10-9-,13-12-,16-15-,19-18-. The van der Waals surface area contributed by atoms with Crippen LogP contribution in [-0.2, 0) is 20.7 Å². The molecule has 8 heteroatoms. The molecule has 2 aliphatic heterocycles. The van der Waals surface area contributed by atoms with Gasteiger partial charge >= 0.3 is 5.97 Å². The second kappa shape index (κ2) is 24.8. The molecule has 0 saturated carbocycles. The molecule has 0 bridgehead atoms. The molecule has 5 rings (SSSR count). The van der Waals surface area contributed by atoms with Crippen molar-refractivity contribution in [2.24, 2.45) is 0 Å². The van der Waals surface area contributed by atoms with E-state index in [1.54, 1.807) is 4.90 Å². The average Bonchev–Trinajstić information content (AvgIpc) is 3.71. The van der Waals surface area contributed by atoms with Crippen molar-refractivity contribution in [1.82, 2.24) is 4.90 Å². The van der Waals surface area contributed by atoms with Crippen molar-refractivity contribution in [3.63, 3.8) is 0 Å². The minimum atomic E-state index is -0.307. The Morgan fingerprint density at radius 3 is 2.12 bits per heavy atom. The molecule has 3 aromatic rings. The summed E-state index contributed by atoms with van der Waals surface area (Å²) < 4.78 is 13.0. The van der Waals surface area contributed by atoms with Crippen molar-refractivity contribution in [2.45, 2.75) is 84.0 Å². The minimum Gasteiger partial charge on any atom is -0.494 e. The number of rotatable bonds is 23. The van der Waals surface area contributed by atoms with E-state index in [-0.39, 0.29) is 25.0 Å². The fraction of sp³-hybridized carbons (Fsp3) is 0.417. The summed E-state index contributed by atoms with van der Waals surface area (Å²) in [5, 5.41) is 3.55. The number of nitrogens with zero attached hydrogens (tertiary/aromatic N) is 3. The lowest BCUT2D eigenvalue weighted by Gasteiger charge is -2.36. The maximum Gasteiger partial charge on any atom is 0.307 e. The van der Waals surface area contributed by atoms with Gasteiger partial charge in [0.1, 0.15) is 5.75 Å². The molecule has 0 atom stereocenters. The van der Waals surface area contributed by atoms with Gasteiger partial charge in [-0.05, 0) is 106 Å². The number of piperazine rings is 1. The first-order chi connectivity index (χ1) is 27.6. The minimum absolute atomic E-state index is 0.0356. The van der Waals surface area contributed by atoms with E-state index in [1.807, 2.05) is 35.6 Å². The fourth-order valence-corrected chi connectivity index (χ4v) is 7.70. The van der Waals surface area contributed by atoms with E-state index in [0.29, 0.717) is 25.9 Å². The third kappa shape index (κ3) is 14.4. The van der Waals surface area contributed by atoms with E-state index in [2.05, 4.69) is 113 Å². The lowest BCUT2D eigenvalue weighted by Crippen LogP contribution is -2.46. The fourth-order valence-electron chi connectivity index (χ4n) is 6.89. The number of thiophene rings is 1. The molecule has 0 unspecified atom stereocenters. The van der Waals surface area contributed by atoms with Crippen molar-refractivity contribution >= 4 is 44.7 Å². The summed E-state index contributed by atoms with van der Waals surface area (Å²) >= 11 is 1.81. The second-order valence-electron chi connectivity index (χ2n) is 14.2. The maximum atomic E-state index is 12.9. The molecule has 56 heavy (non-hydrogen) atoms. The molecule has 1 amide bonds. The topological polar surface area (TPSA) is 62.3 Å². The van der Waals surface area contributed by atoms with Crippen molar-refractivity contribution in [1.29, 1.82) is 0 Å².